The predicted octanol–water partition coefficient (Wildman–Crippen LogP) is 2.26. The maximum absolute atomic E-state index is 12.8. The van der Waals surface area contributed by atoms with Gasteiger partial charge in [0.1, 0.15) is 0 Å². The Kier molecular flexibility index (Phi) is 4.53. The number of nitrogens with two attached hydrogens (primary N) is 1. The normalized spacial score (nSPS) is 25.8. The summed E-state index contributed by atoms with van der Waals surface area (Å²) in [6, 6.07) is 0.202. The summed E-state index contributed by atoms with van der Waals surface area (Å²) in [5, 5.41) is 0. The maximum Gasteiger partial charge on any atom is 0.276 e. The molecule has 1 amide bonds. The zero-order valence-electron chi connectivity index (χ0n) is 14.0. The van der Waals surface area contributed by atoms with Crippen LogP contribution in [0.4, 0.5) is 5.82 Å². The average molecular weight is 318 g/mol. The monoisotopic (exact) mass is 318 g/mol. The smallest absolute Gasteiger partial charge is 0.276 e. The number of aromatic nitrogens is 2. The fraction of sp³-hybridized carbons (Fsp3) is 0.706. The molecule has 1 aromatic rings. The predicted molar refractivity (Wildman–Crippen MR) is 87.9 cm³/mol. The minimum absolute atomic E-state index is 0.107. The Morgan fingerprint density at radius 2 is 2.04 bits per heavy atom. The fourth-order valence-corrected chi connectivity index (χ4v) is 4.39. The van der Waals surface area contributed by atoms with Gasteiger partial charge in [-0.25, -0.2) is 9.97 Å². The molecule has 2 N–H and O–H groups in total. The van der Waals surface area contributed by atoms with Gasteiger partial charge in [0.15, 0.2) is 11.5 Å². The quantitative estimate of drug-likeness (QED) is 0.921. The Morgan fingerprint density at radius 3 is 2.70 bits per heavy atom. The van der Waals surface area contributed by atoms with Gasteiger partial charge in [-0.2, -0.15) is 0 Å². The zero-order valence-corrected chi connectivity index (χ0v) is 14.0. The summed E-state index contributed by atoms with van der Waals surface area (Å²) in [5.74, 6) is 0.0585. The van der Waals surface area contributed by atoms with Gasteiger partial charge in [-0.3, -0.25) is 4.79 Å². The first kappa shape index (κ1) is 16.2. The molecule has 3 rings (SSSR count). The second-order valence-corrected chi connectivity index (χ2v) is 6.70. The standard InChI is InChI=1S/C17H26N4O2/c1-3-23-13-11-12(17(13)7-5-4-6-8-17)21(2)16(22)14-15(18)20-10-9-19-14/h9-10,12-13H,3-8,11H2,1-2H3,(H2,18,20). The molecule has 6 heteroatoms. The summed E-state index contributed by atoms with van der Waals surface area (Å²) in [7, 11) is 1.86. The van der Waals surface area contributed by atoms with Gasteiger partial charge in [-0.1, -0.05) is 19.3 Å². The molecular formula is C17H26N4O2. The number of carbonyl (C=O) groups excluding carboxylic acids is 1. The Balaban J connectivity index is 1.80. The van der Waals surface area contributed by atoms with Crippen molar-refractivity contribution in [3.8, 4) is 0 Å². The molecule has 1 heterocycles. The van der Waals surface area contributed by atoms with E-state index in [9.17, 15) is 4.79 Å². The summed E-state index contributed by atoms with van der Waals surface area (Å²) in [6.45, 7) is 2.77. The molecule has 6 nitrogen and oxygen atoms in total. The number of nitrogen functional groups attached to an aromatic ring is 1. The molecule has 126 valence electrons. The van der Waals surface area contributed by atoms with E-state index in [4.69, 9.17) is 10.5 Å². The average Bonchev–Trinajstić information content (AvgIpc) is 2.58. The topological polar surface area (TPSA) is 81.3 Å². The number of rotatable bonds is 4. The van der Waals surface area contributed by atoms with Crippen molar-refractivity contribution in [2.75, 3.05) is 19.4 Å². The highest BCUT2D eigenvalue weighted by atomic mass is 16.5. The molecule has 0 aliphatic heterocycles. The number of amides is 1. The first-order valence-corrected chi connectivity index (χ1v) is 8.55. The lowest BCUT2D eigenvalue weighted by atomic mass is 9.54. The van der Waals surface area contributed by atoms with E-state index in [1.807, 2.05) is 18.9 Å². The fourth-order valence-electron chi connectivity index (χ4n) is 4.39. The summed E-state index contributed by atoms with van der Waals surface area (Å²) in [6.07, 6.45) is 10.2. The van der Waals surface area contributed by atoms with Crippen LogP contribution in [0.1, 0.15) is 55.9 Å². The molecule has 0 bridgehead atoms. The van der Waals surface area contributed by atoms with E-state index in [1.54, 1.807) is 0 Å². The number of carbonyl (C=O) groups is 1. The van der Waals surface area contributed by atoms with Gasteiger partial charge in [0, 0.05) is 37.5 Å². The highest BCUT2D eigenvalue weighted by molar-refractivity contribution is 5.96. The lowest BCUT2D eigenvalue weighted by Crippen LogP contribution is -2.65. The third-order valence-electron chi connectivity index (χ3n) is 5.61. The second kappa shape index (κ2) is 6.43. The Labute approximate surface area is 137 Å². The van der Waals surface area contributed by atoms with Crippen LogP contribution in [0, 0.1) is 5.41 Å². The van der Waals surface area contributed by atoms with Gasteiger partial charge in [-0.15, -0.1) is 0 Å². The molecule has 1 spiro atoms. The molecule has 2 saturated carbocycles. The van der Waals surface area contributed by atoms with Crippen molar-refractivity contribution in [3.05, 3.63) is 18.1 Å². The van der Waals surface area contributed by atoms with Gasteiger partial charge in [0.05, 0.1) is 6.10 Å². The van der Waals surface area contributed by atoms with Gasteiger partial charge in [0.2, 0.25) is 0 Å². The largest absolute Gasteiger partial charge is 0.382 e. The molecule has 0 aromatic carbocycles. The van der Waals surface area contributed by atoms with E-state index in [0.29, 0.717) is 0 Å². The molecule has 0 radical (unpaired) electrons. The number of nitrogens with zero attached hydrogens (tertiary/aromatic N) is 3. The molecule has 2 atom stereocenters. The molecule has 0 saturated heterocycles. The Bertz CT molecular complexity index is 571. The van der Waals surface area contributed by atoms with Crippen LogP contribution in [0.25, 0.3) is 0 Å². The van der Waals surface area contributed by atoms with E-state index in [1.165, 1.54) is 31.7 Å². The van der Waals surface area contributed by atoms with E-state index in [-0.39, 0.29) is 35.0 Å². The van der Waals surface area contributed by atoms with Crippen molar-refractivity contribution >= 4 is 11.7 Å². The van der Waals surface area contributed by atoms with Crippen molar-refractivity contribution in [2.24, 2.45) is 5.41 Å². The van der Waals surface area contributed by atoms with Gasteiger partial charge in [0.25, 0.3) is 5.91 Å². The Hall–Kier alpha value is -1.69. The van der Waals surface area contributed by atoms with Crippen molar-refractivity contribution in [2.45, 2.75) is 57.6 Å². The van der Waals surface area contributed by atoms with E-state index in [2.05, 4.69) is 9.97 Å². The molecule has 2 fully saturated rings. The van der Waals surface area contributed by atoms with Crippen LogP contribution in [0.15, 0.2) is 12.4 Å². The third kappa shape index (κ3) is 2.69. The minimum Gasteiger partial charge on any atom is -0.382 e. The van der Waals surface area contributed by atoms with Crippen LogP contribution in [0.3, 0.4) is 0 Å². The molecule has 2 aliphatic carbocycles. The summed E-state index contributed by atoms with van der Waals surface area (Å²) >= 11 is 0. The van der Waals surface area contributed by atoms with Crippen LogP contribution in [-0.2, 0) is 4.74 Å². The SMILES string of the molecule is CCOC1CC(N(C)C(=O)c2nccnc2N)C12CCCCC2. The van der Waals surface area contributed by atoms with Crippen LogP contribution in [-0.4, -0.2) is 46.6 Å². The van der Waals surface area contributed by atoms with E-state index < -0.39 is 0 Å². The number of hydrogen-bond acceptors (Lipinski definition) is 5. The Morgan fingerprint density at radius 1 is 1.35 bits per heavy atom. The maximum atomic E-state index is 12.8. The van der Waals surface area contributed by atoms with E-state index in [0.717, 1.165) is 25.9 Å². The molecule has 2 unspecified atom stereocenters. The molecular weight excluding hydrogens is 292 g/mol. The number of hydrogen-bond donors (Lipinski definition) is 1. The van der Waals surface area contributed by atoms with Crippen LogP contribution in [0.2, 0.25) is 0 Å². The van der Waals surface area contributed by atoms with Gasteiger partial charge in [-0.05, 0) is 26.2 Å². The van der Waals surface area contributed by atoms with Crippen LogP contribution in [0.5, 0.6) is 0 Å². The summed E-state index contributed by atoms with van der Waals surface area (Å²) in [4.78, 5) is 22.7. The molecule has 1 aromatic heterocycles. The summed E-state index contributed by atoms with van der Waals surface area (Å²) in [5.41, 5.74) is 6.18. The first-order valence-electron chi connectivity index (χ1n) is 8.55. The molecule has 2 aliphatic rings. The minimum atomic E-state index is -0.138. The van der Waals surface area contributed by atoms with Crippen LogP contribution < -0.4 is 5.73 Å². The van der Waals surface area contributed by atoms with Gasteiger partial charge < -0.3 is 15.4 Å². The highest BCUT2D eigenvalue weighted by Crippen LogP contribution is 2.55. The number of anilines is 1. The van der Waals surface area contributed by atoms with Gasteiger partial charge >= 0.3 is 0 Å². The van der Waals surface area contributed by atoms with Crippen molar-refractivity contribution in [1.82, 2.24) is 14.9 Å². The lowest BCUT2D eigenvalue weighted by molar-refractivity contribution is -0.170. The highest BCUT2D eigenvalue weighted by Gasteiger charge is 2.58. The second-order valence-electron chi connectivity index (χ2n) is 6.70. The first-order chi connectivity index (χ1) is 11.1. The number of ether oxygens (including phenoxy) is 1. The molecule has 23 heavy (non-hydrogen) atoms. The third-order valence-corrected chi connectivity index (χ3v) is 5.61. The van der Waals surface area contributed by atoms with Crippen molar-refractivity contribution < 1.29 is 9.53 Å². The lowest BCUT2D eigenvalue weighted by Gasteiger charge is -2.60. The van der Waals surface area contributed by atoms with E-state index >= 15 is 0 Å². The zero-order chi connectivity index (χ0) is 16.4. The van der Waals surface area contributed by atoms with Crippen LogP contribution >= 0.6 is 0 Å². The van der Waals surface area contributed by atoms with Crippen molar-refractivity contribution in [1.29, 1.82) is 0 Å². The van der Waals surface area contributed by atoms with Crippen molar-refractivity contribution in [3.63, 3.8) is 0 Å². The summed E-state index contributed by atoms with van der Waals surface area (Å²) < 4.78 is 5.97.